The minimum Gasteiger partial charge on any atom is -0.350 e. The molecule has 104 valence electrons. The summed E-state index contributed by atoms with van der Waals surface area (Å²) < 4.78 is 0. The Morgan fingerprint density at radius 3 is 1.84 bits per heavy atom. The summed E-state index contributed by atoms with van der Waals surface area (Å²) in [7, 11) is 0. The molecule has 0 radical (unpaired) electrons. The Hall–Kier alpha value is -0.530. The Labute approximate surface area is 115 Å². The minimum atomic E-state index is 0.235. The lowest BCUT2D eigenvalue weighted by Gasteiger charge is -2.57. The van der Waals surface area contributed by atoms with Crippen LogP contribution in [0.15, 0.2) is 0 Å². The molecular formula is C17H25NO. The Bertz CT molecular complexity index is 384. The van der Waals surface area contributed by atoms with Gasteiger partial charge in [-0.1, -0.05) is 0 Å². The van der Waals surface area contributed by atoms with Gasteiger partial charge in [-0.25, -0.2) is 0 Å². The summed E-state index contributed by atoms with van der Waals surface area (Å²) in [5.41, 5.74) is 0.235. The summed E-state index contributed by atoms with van der Waals surface area (Å²) in [5.74, 6) is 5.45. The maximum absolute atomic E-state index is 12.6. The molecule has 0 spiro atoms. The van der Waals surface area contributed by atoms with Crippen molar-refractivity contribution in [2.45, 2.75) is 63.3 Å². The lowest BCUT2D eigenvalue weighted by Crippen LogP contribution is -2.60. The van der Waals surface area contributed by atoms with Crippen molar-refractivity contribution < 1.29 is 4.79 Å². The van der Waals surface area contributed by atoms with Gasteiger partial charge < -0.3 is 5.32 Å². The highest BCUT2D eigenvalue weighted by atomic mass is 16.2. The summed E-state index contributed by atoms with van der Waals surface area (Å²) in [6, 6.07) is 0. The van der Waals surface area contributed by atoms with E-state index in [1.165, 1.54) is 57.8 Å². The summed E-state index contributed by atoms with van der Waals surface area (Å²) in [6.07, 6.45) is 12.1. The fourth-order valence-corrected chi connectivity index (χ4v) is 6.56. The van der Waals surface area contributed by atoms with Crippen LogP contribution < -0.4 is 5.32 Å². The van der Waals surface area contributed by atoms with Crippen LogP contribution in [0.2, 0.25) is 0 Å². The third kappa shape index (κ3) is 1.71. The van der Waals surface area contributed by atoms with Gasteiger partial charge in [0.05, 0.1) is 0 Å². The number of carbonyl (C=O) groups excluding carboxylic acids is 1. The normalized spacial score (nSPS) is 57.1. The number of hydrogen-bond donors (Lipinski definition) is 1. The van der Waals surface area contributed by atoms with Crippen LogP contribution in [0.1, 0.15) is 57.8 Å². The average Bonchev–Trinajstić information content (AvgIpc) is 2.93. The molecule has 1 N–H and O–H groups in total. The smallest absolute Gasteiger partial charge is 0.223 e. The molecule has 0 aliphatic heterocycles. The largest absolute Gasteiger partial charge is 0.350 e. The topological polar surface area (TPSA) is 29.1 Å². The van der Waals surface area contributed by atoms with E-state index < -0.39 is 0 Å². The van der Waals surface area contributed by atoms with Crippen molar-refractivity contribution in [3.05, 3.63) is 0 Å². The lowest BCUT2D eigenvalue weighted by molar-refractivity contribution is -0.130. The molecule has 0 aromatic heterocycles. The van der Waals surface area contributed by atoms with Crippen LogP contribution in [0.5, 0.6) is 0 Å². The Balaban J connectivity index is 1.31. The SMILES string of the molecule is O=C(NC12CC3CC(CC(C3)C1)C2)C1CC2CC2C1. The molecule has 6 aliphatic rings. The zero-order valence-corrected chi connectivity index (χ0v) is 11.7. The maximum Gasteiger partial charge on any atom is 0.223 e. The number of nitrogens with one attached hydrogen (secondary N) is 1. The van der Waals surface area contributed by atoms with Crippen molar-refractivity contribution >= 4 is 5.91 Å². The van der Waals surface area contributed by atoms with E-state index in [9.17, 15) is 4.79 Å². The van der Waals surface area contributed by atoms with Gasteiger partial charge in [-0.3, -0.25) is 4.79 Å². The average molecular weight is 259 g/mol. The molecule has 0 aromatic carbocycles. The molecule has 6 saturated carbocycles. The van der Waals surface area contributed by atoms with E-state index in [2.05, 4.69) is 5.32 Å². The molecule has 2 nitrogen and oxygen atoms in total. The van der Waals surface area contributed by atoms with Crippen LogP contribution in [0.4, 0.5) is 0 Å². The van der Waals surface area contributed by atoms with Gasteiger partial charge in [0.2, 0.25) is 5.91 Å². The van der Waals surface area contributed by atoms with E-state index >= 15 is 0 Å². The highest BCUT2D eigenvalue weighted by Crippen LogP contribution is 2.57. The summed E-state index contributed by atoms with van der Waals surface area (Å²) in [6.45, 7) is 0. The first-order chi connectivity index (χ1) is 9.19. The maximum atomic E-state index is 12.6. The van der Waals surface area contributed by atoms with Crippen LogP contribution in [-0.2, 0) is 4.79 Å². The van der Waals surface area contributed by atoms with E-state index in [-0.39, 0.29) is 5.54 Å². The molecule has 19 heavy (non-hydrogen) atoms. The van der Waals surface area contributed by atoms with Crippen molar-refractivity contribution in [2.24, 2.45) is 35.5 Å². The monoisotopic (exact) mass is 259 g/mol. The van der Waals surface area contributed by atoms with Gasteiger partial charge in [0, 0.05) is 11.5 Å². The van der Waals surface area contributed by atoms with Crippen molar-refractivity contribution in [3.63, 3.8) is 0 Å². The van der Waals surface area contributed by atoms with E-state index in [4.69, 9.17) is 0 Å². The fourth-order valence-electron chi connectivity index (χ4n) is 6.56. The quantitative estimate of drug-likeness (QED) is 0.811. The Morgan fingerprint density at radius 2 is 1.32 bits per heavy atom. The molecule has 6 aliphatic carbocycles. The van der Waals surface area contributed by atoms with Gasteiger partial charge in [0.25, 0.3) is 0 Å². The molecule has 4 bridgehead atoms. The Kier molecular flexibility index (Phi) is 2.09. The number of rotatable bonds is 2. The molecule has 2 unspecified atom stereocenters. The third-order valence-corrected chi connectivity index (χ3v) is 7.04. The van der Waals surface area contributed by atoms with Crippen LogP contribution in [-0.4, -0.2) is 11.4 Å². The van der Waals surface area contributed by atoms with E-state index in [1.54, 1.807) is 0 Å². The minimum absolute atomic E-state index is 0.235. The first-order valence-corrected chi connectivity index (χ1v) is 8.51. The van der Waals surface area contributed by atoms with Crippen molar-refractivity contribution in [1.82, 2.24) is 5.32 Å². The van der Waals surface area contributed by atoms with Gasteiger partial charge in [0.15, 0.2) is 0 Å². The fraction of sp³-hybridized carbons (Fsp3) is 0.941. The standard InChI is InChI=1S/C17H25NO/c19-16(15-5-13-4-14(13)6-15)18-17-7-10-1-11(8-17)3-12(2-10)9-17/h10-15H,1-9H2,(H,18,19). The molecular weight excluding hydrogens is 234 g/mol. The van der Waals surface area contributed by atoms with Crippen LogP contribution in [0.3, 0.4) is 0 Å². The van der Waals surface area contributed by atoms with Crippen molar-refractivity contribution in [2.75, 3.05) is 0 Å². The second-order valence-electron chi connectivity index (χ2n) is 8.61. The highest BCUT2D eigenvalue weighted by molar-refractivity contribution is 5.80. The zero-order chi connectivity index (χ0) is 12.6. The van der Waals surface area contributed by atoms with Crippen molar-refractivity contribution in [1.29, 1.82) is 0 Å². The van der Waals surface area contributed by atoms with Gasteiger partial charge in [0.1, 0.15) is 0 Å². The zero-order valence-electron chi connectivity index (χ0n) is 11.7. The number of amides is 1. The van der Waals surface area contributed by atoms with Gasteiger partial charge in [-0.2, -0.15) is 0 Å². The van der Waals surface area contributed by atoms with E-state index in [0.717, 1.165) is 29.6 Å². The van der Waals surface area contributed by atoms with E-state index in [1.807, 2.05) is 0 Å². The predicted octanol–water partition coefficient (Wildman–Crippen LogP) is 3.12. The molecule has 6 rings (SSSR count). The molecule has 6 fully saturated rings. The molecule has 2 heteroatoms. The number of carbonyl (C=O) groups is 1. The third-order valence-electron chi connectivity index (χ3n) is 7.04. The molecule has 0 aromatic rings. The molecule has 0 saturated heterocycles. The molecule has 0 heterocycles. The first-order valence-electron chi connectivity index (χ1n) is 8.51. The molecule has 1 amide bonds. The number of hydrogen-bond acceptors (Lipinski definition) is 1. The second-order valence-corrected chi connectivity index (χ2v) is 8.61. The lowest BCUT2D eigenvalue weighted by atomic mass is 9.53. The summed E-state index contributed by atoms with van der Waals surface area (Å²) >= 11 is 0. The summed E-state index contributed by atoms with van der Waals surface area (Å²) in [5, 5.41) is 3.57. The predicted molar refractivity (Wildman–Crippen MR) is 73.4 cm³/mol. The van der Waals surface area contributed by atoms with Gasteiger partial charge in [-0.05, 0) is 87.4 Å². The number of fused-ring (bicyclic) bond motifs is 1. The van der Waals surface area contributed by atoms with Crippen molar-refractivity contribution in [3.8, 4) is 0 Å². The van der Waals surface area contributed by atoms with Gasteiger partial charge >= 0.3 is 0 Å². The van der Waals surface area contributed by atoms with Crippen LogP contribution >= 0.6 is 0 Å². The Morgan fingerprint density at radius 1 is 0.789 bits per heavy atom. The molecule has 2 atom stereocenters. The van der Waals surface area contributed by atoms with Crippen LogP contribution in [0.25, 0.3) is 0 Å². The van der Waals surface area contributed by atoms with E-state index in [0.29, 0.717) is 11.8 Å². The second kappa shape index (κ2) is 3.56. The highest BCUT2D eigenvalue weighted by Gasteiger charge is 2.53. The summed E-state index contributed by atoms with van der Waals surface area (Å²) in [4.78, 5) is 12.6. The first kappa shape index (κ1) is 11.2. The van der Waals surface area contributed by atoms with Gasteiger partial charge in [-0.15, -0.1) is 0 Å². The van der Waals surface area contributed by atoms with Crippen LogP contribution in [0, 0.1) is 35.5 Å².